The highest BCUT2D eigenvalue weighted by molar-refractivity contribution is 5.98. The van der Waals surface area contributed by atoms with Gasteiger partial charge in [0.05, 0.1) is 4.92 Å². The lowest BCUT2D eigenvalue weighted by Gasteiger charge is -2.28. The molecule has 2 amide bonds. The van der Waals surface area contributed by atoms with Crippen molar-refractivity contribution >= 4 is 17.5 Å². The molecule has 0 bridgehead atoms. The summed E-state index contributed by atoms with van der Waals surface area (Å²) in [7, 11) is 2.01. The summed E-state index contributed by atoms with van der Waals surface area (Å²) in [5, 5.41) is 14.0. The molecular formula is C20H30N4O4. The Bertz CT molecular complexity index is 750. The van der Waals surface area contributed by atoms with Crippen molar-refractivity contribution in [2.45, 2.75) is 58.7 Å². The normalized spacial score (nSPS) is 17.8. The highest BCUT2D eigenvalue weighted by atomic mass is 16.6. The van der Waals surface area contributed by atoms with Crippen LogP contribution in [0.5, 0.6) is 0 Å². The van der Waals surface area contributed by atoms with Gasteiger partial charge in [0.15, 0.2) is 0 Å². The van der Waals surface area contributed by atoms with Crippen molar-refractivity contribution in [2.24, 2.45) is 0 Å². The van der Waals surface area contributed by atoms with Crippen LogP contribution >= 0.6 is 0 Å². The number of aryl methyl sites for hydroxylation is 1. The van der Waals surface area contributed by atoms with Gasteiger partial charge >= 0.3 is 0 Å². The number of nitrogens with zero attached hydrogens (tertiary/aromatic N) is 3. The number of benzene rings is 1. The summed E-state index contributed by atoms with van der Waals surface area (Å²) >= 11 is 0. The minimum atomic E-state index is -0.505. The van der Waals surface area contributed by atoms with Crippen LogP contribution in [-0.4, -0.2) is 64.8 Å². The quantitative estimate of drug-likeness (QED) is 0.569. The third-order valence-electron chi connectivity index (χ3n) is 5.29. The number of amides is 2. The molecule has 28 heavy (non-hydrogen) atoms. The molecule has 2 rings (SSSR count). The second-order valence-corrected chi connectivity index (χ2v) is 7.86. The van der Waals surface area contributed by atoms with Crippen molar-refractivity contribution in [1.29, 1.82) is 0 Å². The fourth-order valence-electron chi connectivity index (χ4n) is 3.47. The van der Waals surface area contributed by atoms with Crippen LogP contribution in [0, 0.1) is 17.0 Å². The number of hydrogen-bond donors (Lipinski definition) is 1. The van der Waals surface area contributed by atoms with Crippen molar-refractivity contribution in [1.82, 2.24) is 15.1 Å². The predicted molar refractivity (Wildman–Crippen MR) is 107 cm³/mol. The van der Waals surface area contributed by atoms with Crippen molar-refractivity contribution in [2.75, 3.05) is 20.1 Å². The second kappa shape index (κ2) is 9.14. The molecule has 0 radical (unpaired) electrons. The molecule has 8 nitrogen and oxygen atoms in total. The first-order chi connectivity index (χ1) is 13.1. The molecule has 8 heteroatoms. The lowest BCUT2D eigenvalue weighted by Crippen LogP contribution is -2.50. The summed E-state index contributed by atoms with van der Waals surface area (Å²) in [6.07, 6.45) is 1.38. The first-order valence-electron chi connectivity index (χ1n) is 9.68. The minimum absolute atomic E-state index is 0.0182. The summed E-state index contributed by atoms with van der Waals surface area (Å²) in [6, 6.07) is 4.18. The van der Waals surface area contributed by atoms with Gasteiger partial charge in [-0.15, -0.1) is 0 Å². The lowest BCUT2D eigenvalue weighted by atomic mass is 10.1. The summed E-state index contributed by atoms with van der Waals surface area (Å²) in [5.74, 6) is -0.406. The lowest BCUT2D eigenvalue weighted by molar-refractivity contribution is -0.385. The standard InChI is InChI=1S/C20H30N4O4/c1-13(2)22(5)12-15(4)21-19(25)18-7-6-10-23(18)20(26)16-8-9-17(24(27)28)14(3)11-16/h8-9,11,13,15,18H,6-7,10,12H2,1-5H3,(H,21,25)/t15-,18-/m1/s1. The average molecular weight is 390 g/mol. The van der Waals surface area contributed by atoms with E-state index in [4.69, 9.17) is 0 Å². The Balaban J connectivity index is 2.07. The maximum atomic E-state index is 12.9. The van der Waals surface area contributed by atoms with Crippen LogP contribution in [0.15, 0.2) is 18.2 Å². The van der Waals surface area contributed by atoms with Crippen molar-refractivity contribution in [3.8, 4) is 0 Å². The monoisotopic (exact) mass is 390 g/mol. The number of carbonyl (C=O) groups excluding carboxylic acids is 2. The van der Waals surface area contributed by atoms with E-state index in [0.717, 1.165) is 13.0 Å². The Morgan fingerprint density at radius 1 is 1.36 bits per heavy atom. The number of carbonyl (C=O) groups is 2. The van der Waals surface area contributed by atoms with Gasteiger partial charge in [-0.25, -0.2) is 0 Å². The third-order valence-corrected chi connectivity index (χ3v) is 5.29. The van der Waals surface area contributed by atoms with E-state index < -0.39 is 11.0 Å². The van der Waals surface area contributed by atoms with Gasteiger partial charge in [0.2, 0.25) is 5.91 Å². The number of likely N-dealkylation sites (tertiary alicyclic amines) is 1. The number of likely N-dealkylation sites (N-methyl/N-ethyl adjacent to an activating group) is 1. The van der Waals surface area contributed by atoms with E-state index in [0.29, 0.717) is 30.1 Å². The maximum Gasteiger partial charge on any atom is 0.272 e. The van der Waals surface area contributed by atoms with Crippen molar-refractivity contribution < 1.29 is 14.5 Å². The van der Waals surface area contributed by atoms with Gasteiger partial charge in [-0.3, -0.25) is 19.7 Å². The van der Waals surface area contributed by atoms with Gasteiger partial charge < -0.3 is 15.1 Å². The van der Waals surface area contributed by atoms with Gasteiger partial charge in [-0.1, -0.05) is 0 Å². The largest absolute Gasteiger partial charge is 0.351 e. The molecule has 0 unspecified atom stereocenters. The van der Waals surface area contributed by atoms with Crippen LogP contribution in [-0.2, 0) is 4.79 Å². The van der Waals surface area contributed by atoms with Crippen LogP contribution in [0.25, 0.3) is 0 Å². The van der Waals surface area contributed by atoms with Crippen LogP contribution in [0.2, 0.25) is 0 Å². The third kappa shape index (κ3) is 5.07. The van der Waals surface area contributed by atoms with Gasteiger partial charge in [0.25, 0.3) is 11.6 Å². The Morgan fingerprint density at radius 3 is 2.61 bits per heavy atom. The second-order valence-electron chi connectivity index (χ2n) is 7.86. The Labute approximate surface area is 166 Å². The van der Waals surface area contributed by atoms with E-state index in [1.165, 1.54) is 18.2 Å². The van der Waals surface area contributed by atoms with Crippen LogP contribution < -0.4 is 5.32 Å². The first kappa shape index (κ1) is 21.8. The molecule has 1 heterocycles. The van der Waals surface area contributed by atoms with Gasteiger partial charge in [-0.2, -0.15) is 0 Å². The average Bonchev–Trinajstić information content (AvgIpc) is 3.10. The van der Waals surface area contributed by atoms with Gasteiger partial charge in [0, 0.05) is 42.4 Å². The van der Waals surface area contributed by atoms with Crippen molar-refractivity contribution in [3.63, 3.8) is 0 Å². The molecule has 1 fully saturated rings. The number of hydrogen-bond acceptors (Lipinski definition) is 5. The molecule has 0 aliphatic carbocycles. The molecule has 1 N–H and O–H groups in total. The highest BCUT2D eigenvalue weighted by Crippen LogP contribution is 2.24. The van der Waals surface area contributed by atoms with E-state index in [1.807, 2.05) is 14.0 Å². The molecule has 2 atom stereocenters. The van der Waals surface area contributed by atoms with E-state index in [2.05, 4.69) is 24.1 Å². The number of nitro groups is 1. The molecule has 1 aliphatic rings. The Morgan fingerprint density at radius 2 is 2.04 bits per heavy atom. The number of rotatable bonds is 7. The Kier molecular flexibility index (Phi) is 7.12. The van der Waals surface area contributed by atoms with Crippen LogP contribution in [0.4, 0.5) is 5.69 Å². The fourth-order valence-corrected chi connectivity index (χ4v) is 3.47. The molecule has 0 saturated carbocycles. The molecule has 1 saturated heterocycles. The molecule has 154 valence electrons. The number of nitrogens with one attached hydrogen (secondary N) is 1. The van der Waals surface area contributed by atoms with E-state index in [9.17, 15) is 19.7 Å². The summed E-state index contributed by atoms with van der Waals surface area (Å²) < 4.78 is 0. The molecular weight excluding hydrogens is 360 g/mol. The molecule has 1 aromatic carbocycles. The summed E-state index contributed by atoms with van der Waals surface area (Å²) in [5.41, 5.74) is 0.784. The zero-order valence-corrected chi connectivity index (χ0v) is 17.3. The smallest absolute Gasteiger partial charge is 0.272 e. The zero-order chi connectivity index (χ0) is 21.0. The molecule has 0 spiro atoms. The topological polar surface area (TPSA) is 95.8 Å². The molecule has 1 aliphatic heterocycles. The minimum Gasteiger partial charge on any atom is -0.351 e. The van der Waals surface area contributed by atoms with Gasteiger partial charge in [-0.05, 0) is 59.7 Å². The van der Waals surface area contributed by atoms with Crippen molar-refractivity contribution in [3.05, 3.63) is 39.4 Å². The highest BCUT2D eigenvalue weighted by Gasteiger charge is 2.35. The van der Waals surface area contributed by atoms with Gasteiger partial charge in [0.1, 0.15) is 6.04 Å². The van der Waals surface area contributed by atoms with Crippen LogP contribution in [0.3, 0.4) is 0 Å². The SMILES string of the molecule is Cc1cc(C(=O)N2CCC[C@@H]2C(=O)N[C@H](C)CN(C)C(C)C)ccc1[N+](=O)[O-]. The molecule has 1 aromatic rings. The summed E-state index contributed by atoms with van der Waals surface area (Å²) in [4.78, 5) is 39.9. The number of nitro benzene ring substituents is 1. The maximum absolute atomic E-state index is 12.9. The first-order valence-corrected chi connectivity index (χ1v) is 9.68. The predicted octanol–water partition coefficient (Wildman–Crippen LogP) is 2.35. The molecule has 0 aromatic heterocycles. The van der Waals surface area contributed by atoms with Crippen LogP contribution in [0.1, 0.15) is 49.5 Å². The van der Waals surface area contributed by atoms with E-state index in [1.54, 1.807) is 11.8 Å². The van der Waals surface area contributed by atoms with E-state index >= 15 is 0 Å². The Hall–Kier alpha value is -2.48. The fraction of sp³-hybridized carbons (Fsp3) is 0.600. The zero-order valence-electron chi connectivity index (χ0n) is 17.3. The van der Waals surface area contributed by atoms with E-state index in [-0.39, 0.29) is 23.5 Å². The summed E-state index contributed by atoms with van der Waals surface area (Å²) in [6.45, 7) is 8.99.